The number of hydrogen-bond acceptors (Lipinski definition) is 6. The highest BCUT2D eigenvalue weighted by atomic mass is 35.5. The summed E-state index contributed by atoms with van der Waals surface area (Å²) in [5.74, 6) is -0.349. The van der Waals surface area contributed by atoms with Crippen LogP contribution in [-0.2, 0) is 39.0 Å². The molecule has 2 aliphatic rings. The maximum atomic E-state index is 13.8. The van der Waals surface area contributed by atoms with E-state index >= 15 is 0 Å². The van der Waals surface area contributed by atoms with Crippen LogP contribution in [-0.4, -0.2) is 69.7 Å². The molecule has 0 radical (unpaired) electrons. The van der Waals surface area contributed by atoms with Gasteiger partial charge >= 0.3 is 0 Å². The SMILES string of the molecule is C.CS(=O)(=O)Nc1ccccc1N1CCN(C(=O)[C@@H](Cc2ccc(Cl)cc2)NC(=O)[C@@H]2Cc3ccccc3CN2)CC1. The molecule has 11 heteroatoms. The molecule has 3 aromatic carbocycles. The zero-order valence-corrected chi connectivity index (χ0v) is 24.4. The topological polar surface area (TPSA) is 111 Å². The van der Waals surface area contributed by atoms with Crippen LogP contribution in [0.15, 0.2) is 72.8 Å². The quantitative estimate of drug-likeness (QED) is 0.360. The first-order chi connectivity index (χ1) is 19.7. The summed E-state index contributed by atoms with van der Waals surface area (Å²) in [6.45, 7) is 2.53. The molecule has 2 heterocycles. The van der Waals surface area contributed by atoms with E-state index in [-0.39, 0.29) is 19.2 Å². The van der Waals surface area contributed by atoms with Gasteiger partial charge < -0.3 is 20.4 Å². The number of benzene rings is 3. The molecule has 3 N–H and O–H groups in total. The average Bonchev–Trinajstić information content (AvgIpc) is 2.97. The summed E-state index contributed by atoms with van der Waals surface area (Å²) in [7, 11) is -3.44. The molecule has 2 atom stereocenters. The third-order valence-corrected chi connectivity index (χ3v) is 8.34. The van der Waals surface area contributed by atoms with Gasteiger partial charge in [0, 0.05) is 44.2 Å². The molecule has 0 spiro atoms. The van der Waals surface area contributed by atoms with E-state index in [9.17, 15) is 18.0 Å². The van der Waals surface area contributed by atoms with Crippen molar-refractivity contribution < 1.29 is 18.0 Å². The van der Waals surface area contributed by atoms with Crippen LogP contribution in [0.2, 0.25) is 5.02 Å². The van der Waals surface area contributed by atoms with Crippen LogP contribution in [0, 0.1) is 0 Å². The van der Waals surface area contributed by atoms with Gasteiger partial charge in [-0.2, -0.15) is 0 Å². The van der Waals surface area contributed by atoms with Crippen molar-refractivity contribution in [2.24, 2.45) is 0 Å². The lowest BCUT2D eigenvalue weighted by molar-refractivity contribution is -0.137. The lowest BCUT2D eigenvalue weighted by atomic mass is 9.95. The largest absolute Gasteiger partial charge is 0.366 e. The molecule has 5 rings (SSSR count). The van der Waals surface area contributed by atoms with Crippen LogP contribution >= 0.6 is 11.6 Å². The van der Waals surface area contributed by atoms with Gasteiger partial charge in [-0.15, -0.1) is 0 Å². The minimum Gasteiger partial charge on any atom is -0.366 e. The van der Waals surface area contributed by atoms with E-state index in [0.717, 1.165) is 23.1 Å². The Morgan fingerprint density at radius 3 is 2.29 bits per heavy atom. The van der Waals surface area contributed by atoms with Crippen molar-refractivity contribution in [1.29, 1.82) is 0 Å². The normalized spacial score (nSPS) is 17.4. The smallest absolute Gasteiger partial charge is 0.245 e. The number of amides is 2. The number of para-hydroxylation sites is 2. The van der Waals surface area contributed by atoms with Gasteiger partial charge in [-0.3, -0.25) is 14.3 Å². The molecule has 0 aliphatic carbocycles. The van der Waals surface area contributed by atoms with Crippen molar-refractivity contribution in [3.05, 3.63) is 94.5 Å². The first-order valence-electron chi connectivity index (χ1n) is 13.6. The van der Waals surface area contributed by atoms with E-state index in [4.69, 9.17) is 11.6 Å². The van der Waals surface area contributed by atoms with E-state index in [1.165, 1.54) is 5.56 Å². The standard InChI is InChI=1S/C30H34ClN5O4S.CH4/c1-41(39,40)34-25-8-4-5-9-28(25)35-14-16-36(17-15-35)30(38)27(18-21-10-12-24(31)13-11-21)33-29(37)26-19-22-6-2-3-7-23(22)20-32-26;/h2-13,26-27,32,34H,14-20H2,1H3,(H,33,37);1H4/t26-,27+;/m0./s1. The Labute approximate surface area is 253 Å². The highest BCUT2D eigenvalue weighted by Crippen LogP contribution is 2.27. The van der Waals surface area contributed by atoms with Gasteiger partial charge in [-0.05, 0) is 47.4 Å². The number of carbonyl (C=O) groups is 2. The van der Waals surface area contributed by atoms with Crippen LogP contribution in [0.4, 0.5) is 11.4 Å². The van der Waals surface area contributed by atoms with Crippen molar-refractivity contribution in [2.75, 3.05) is 42.1 Å². The van der Waals surface area contributed by atoms with Gasteiger partial charge in [0.05, 0.1) is 23.7 Å². The molecule has 42 heavy (non-hydrogen) atoms. The maximum Gasteiger partial charge on any atom is 0.245 e. The fourth-order valence-corrected chi connectivity index (χ4v) is 6.09. The van der Waals surface area contributed by atoms with Gasteiger partial charge in [-0.25, -0.2) is 8.42 Å². The Hall–Kier alpha value is -3.60. The number of carbonyl (C=O) groups excluding carboxylic acids is 2. The first kappa shape index (κ1) is 31.3. The maximum absolute atomic E-state index is 13.8. The minimum absolute atomic E-state index is 0. The Kier molecular flexibility index (Phi) is 10.1. The summed E-state index contributed by atoms with van der Waals surface area (Å²) in [4.78, 5) is 31.1. The second-order valence-electron chi connectivity index (χ2n) is 10.5. The number of halogens is 1. The van der Waals surface area contributed by atoms with Gasteiger partial charge in [-0.1, -0.05) is 67.6 Å². The second kappa shape index (κ2) is 13.6. The summed E-state index contributed by atoms with van der Waals surface area (Å²) in [6.07, 6.45) is 2.02. The Balaban J connectivity index is 0.00000405. The number of piperazine rings is 1. The third kappa shape index (κ3) is 7.81. The summed E-state index contributed by atoms with van der Waals surface area (Å²) < 4.78 is 26.3. The van der Waals surface area contributed by atoms with Crippen LogP contribution in [0.3, 0.4) is 0 Å². The lowest BCUT2D eigenvalue weighted by Crippen LogP contribution is -2.58. The Morgan fingerprint density at radius 2 is 1.60 bits per heavy atom. The molecule has 2 aliphatic heterocycles. The number of anilines is 2. The monoisotopic (exact) mass is 611 g/mol. The van der Waals surface area contributed by atoms with Crippen molar-refractivity contribution in [2.45, 2.75) is 38.9 Å². The van der Waals surface area contributed by atoms with Gasteiger partial charge in [0.1, 0.15) is 6.04 Å². The average molecular weight is 612 g/mol. The van der Waals surface area contributed by atoms with Gasteiger partial charge in [0.25, 0.3) is 0 Å². The number of nitrogens with one attached hydrogen (secondary N) is 3. The van der Waals surface area contributed by atoms with Gasteiger partial charge in [0.15, 0.2) is 0 Å². The number of rotatable bonds is 8. The molecule has 0 unspecified atom stereocenters. The summed E-state index contributed by atoms with van der Waals surface area (Å²) in [5, 5.41) is 6.95. The van der Waals surface area contributed by atoms with Crippen molar-refractivity contribution in [1.82, 2.24) is 15.5 Å². The van der Waals surface area contributed by atoms with E-state index in [0.29, 0.717) is 56.3 Å². The number of nitrogens with zero attached hydrogens (tertiary/aromatic N) is 2. The highest BCUT2D eigenvalue weighted by Gasteiger charge is 2.32. The van der Waals surface area contributed by atoms with Crippen LogP contribution in [0.25, 0.3) is 0 Å². The summed E-state index contributed by atoms with van der Waals surface area (Å²) in [6, 6.07) is 21.4. The highest BCUT2D eigenvalue weighted by molar-refractivity contribution is 7.92. The predicted octanol–water partition coefficient (Wildman–Crippen LogP) is 3.44. The Bertz CT molecular complexity index is 1510. The molecular formula is C31H38ClN5O4S. The molecule has 0 saturated carbocycles. The van der Waals surface area contributed by atoms with E-state index < -0.39 is 22.1 Å². The van der Waals surface area contributed by atoms with Gasteiger partial charge in [0.2, 0.25) is 21.8 Å². The number of fused-ring (bicyclic) bond motifs is 1. The molecule has 224 valence electrons. The molecule has 1 fully saturated rings. The fourth-order valence-electron chi connectivity index (χ4n) is 5.39. The number of hydrogen-bond donors (Lipinski definition) is 3. The Morgan fingerprint density at radius 1 is 0.952 bits per heavy atom. The molecule has 0 bridgehead atoms. The summed E-state index contributed by atoms with van der Waals surface area (Å²) in [5.41, 5.74) is 4.48. The second-order valence-corrected chi connectivity index (χ2v) is 12.7. The molecular weight excluding hydrogens is 574 g/mol. The summed E-state index contributed by atoms with van der Waals surface area (Å²) >= 11 is 6.07. The van der Waals surface area contributed by atoms with Crippen molar-refractivity contribution >= 4 is 44.8 Å². The van der Waals surface area contributed by atoms with E-state index in [1.54, 1.807) is 29.2 Å². The van der Waals surface area contributed by atoms with Crippen molar-refractivity contribution in [3.8, 4) is 0 Å². The van der Waals surface area contributed by atoms with E-state index in [2.05, 4.69) is 26.3 Å². The van der Waals surface area contributed by atoms with Crippen LogP contribution in [0.1, 0.15) is 24.1 Å². The minimum atomic E-state index is -3.44. The third-order valence-electron chi connectivity index (χ3n) is 7.50. The molecule has 9 nitrogen and oxygen atoms in total. The zero-order chi connectivity index (χ0) is 29.0. The predicted molar refractivity (Wildman–Crippen MR) is 168 cm³/mol. The molecule has 2 amide bonds. The zero-order valence-electron chi connectivity index (χ0n) is 22.8. The molecule has 1 saturated heterocycles. The van der Waals surface area contributed by atoms with Crippen molar-refractivity contribution in [3.63, 3.8) is 0 Å². The molecule has 3 aromatic rings. The van der Waals surface area contributed by atoms with E-state index in [1.807, 2.05) is 42.5 Å². The van der Waals surface area contributed by atoms with Crippen LogP contribution in [0.5, 0.6) is 0 Å². The van der Waals surface area contributed by atoms with Crippen LogP contribution < -0.4 is 20.3 Å². The lowest BCUT2D eigenvalue weighted by Gasteiger charge is -2.38. The number of sulfonamides is 1. The fraction of sp³-hybridized carbons (Fsp3) is 0.355. The molecule has 0 aromatic heterocycles. The first-order valence-corrected chi connectivity index (χ1v) is 15.9.